The average Bonchev–Trinajstić information content (AvgIpc) is 2.76. The van der Waals surface area contributed by atoms with Crippen LogP contribution in [-0.2, 0) is 0 Å². The summed E-state index contributed by atoms with van der Waals surface area (Å²) in [4.78, 5) is 19.4. The van der Waals surface area contributed by atoms with E-state index in [0.717, 1.165) is 6.20 Å². The second kappa shape index (κ2) is 9.66. The summed E-state index contributed by atoms with van der Waals surface area (Å²) in [6, 6.07) is 11.4. The molecule has 0 unspecified atom stereocenters. The van der Waals surface area contributed by atoms with E-state index in [-0.39, 0.29) is 16.9 Å². The Morgan fingerprint density at radius 1 is 1.13 bits per heavy atom. The fraction of sp³-hybridized carbons (Fsp3) is 0.100. The maximum atomic E-state index is 13.9. The number of amides is 1. The highest BCUT2D eigenvalue weighted by Gasteiger charge is 2.13. The van der Waals surface area contributed by atoms with Gasteiger partial charge in [0.2, 0.25) is 11.1 Å². The van der Waals surface area contributed by atoms with Gasteiger partial charge in [-0.25, -0.2) is 10.4 Å². The summed E-state index contributed by atoms with van der Waals surface area (Å²) < 4.78 is 29.6. The average molecular weight is 431 g/mol. The molecule has 1 heterocycles. The molecular weight excluding hydrogens is 415 g/mol. The monoisotopic (exact) mass is 430 g/mol. The van der Waals surface area contributed by atoms with Crippen molar-refractivity contribution in [2.24, 2.45) is 5.10 Å². The zero-order chi connectivity index (χ0) is 21.5. The molecule has 3 aromatic rings. The number of hydrogen-bond donors (Lipinski definition) is 1. The van der Waals surface area contributed by atoms with Crippen molar-refractivity contribution in [1.29, 1.82) is 0 Å². The van der Waals surface area contributed by atoms with Crippen LogP contribution in [0, 0.1) is 5.82 Å². The molecule has 0 bridgehead atoms. The number of carbonyl (C=O) groups excluding carboxylic acids is 1. The van der Waals surface area contributed by atoms with E-state index in [1.807, 2.05) is 0 Å². The highest BCUT2D eigenvalue weighted by Crippen LogP contribution is 2.32. The molecule has 154 valence electrons. The van der Waals surface area contributed by atoms with Gasteiger partial charge in [-0.15, -0.1) is 0 Å². The first-order chi connectivity index (χ1) is 14.5. The van der Waals surface area contributed by atoms with Gasteiger partial charge in [-0.1, -0.05) is 0 Å². The number of benzene rings is 2. The molecule has 0 atom stereocenters. The quantitative estimate of drug-likeness (QED) is 0.347. The first kappa shape index (κ1) is 21.0. The number of methoxy groups -OCH3 is 2. The molecule has 0 radical (unpaired) electrons. The third-order valence-electron chi connectivity index (χ3n) is 3.81. The number of nitrogens with zero attached hydrogens (tertiary/aromatic N) is 3. The molecule has 1 amide bonds. The van der Waals surface area contributed by atoms with Gasteiger partial charge >= 0.3 is 0 Å². The van der Waals surface area contributed by atoms with Crippen molar-refractivity contribution in [3.63, 3.8) is 0 Å². The fourth-order valence-corrected chi connectivity index (χ4v) is 2.46. The Balaban J connectivity index is 1.73. The summed E-state index contributed by atoms with van der Waals surface area (Å²) in [6.45, 7) is 0. The van der Waals surface area contributed by atoms with Gasteiger partial charge in [0, 0.05) is 5.56 Å². The normalized spacial score (nSPS) is 10.7. The molecule has 8 nitrogen and oxygen atoms in total. The van der Waals surface area contributed by atoms with E-state index in [0.29, 0.717) is 22.6 Å². The molecule has 3 rings (SSSR count). The number of aromatic nitrogens is 2. The van der Waals surface area contributed by atoms with Crippen LogP contribution in [0.2, 0.25) is 5.28 Å². The summed E-state index contributed by atoms with van der Waals surface area (Å²) in [6.07, 6.45) is 2.30. The van der Waals surface area contributed by atoms with Crippen molar-refractivity contribution in [3.8, 4) is 23.1 Å². The summed E-state index contributed by atoms with van der Waals surface area (Å²) >= 11 is 5.69. The topological polar surface area (TPSA) is 94.9 Å². The van der Waals surface area contributed by atoms with Crippen LogP contribution >= 0.6 is 11.6 Å². The molecule has 30 heavy (non-hydrogen) atoms. The van der Waals surface area contributed by atoms with Crippen molar-refractivity contribution in [2.45, 2.75) is 0 Å². The Bertz CT molecular complexity index is 1080. The van der Waals surface area contributed by atoms with Crippen LogP contribution in [-0.4, -0.2) is 36.3 Å². The third-order valence-corrected chi connectivity index (χ3v) is 3.99. The van der Waals surface area contributed by atoms with E-state index < -0.39 is 11.7 Å². The Morgan fingerprint density at radius 2 is 1.90 bits per heavy atom. The highest BCUT2D eigenvalue weighted by molar-refractivity contribution is 6.28. The van der Waals surface area contributed by atoms with Gasteiger partial charge in [0.15, 0.2) is 11.5 Å². The smallest absolute Gasteiger partial charge is 0.271 e. The minimum Gasteiger partial charge on any atom is -0.497 e. The molecular formula is C20H16ClFN4O4. The fourth-order valence-electron chi connectivity index (χ4n) is 2.33. The SMILES string of the molecule is COc1ccc(C(=O)NN=Cc2ccc(OC)c(Oc3nc(Cl)ncc3F)c2)cc1. The van der Waals surface area contributed by atoms with Crippen LogP contribution in [0.5, 0.6) is 23.1 Å². The number of carbonyl (C=O) groups is 1. The van der Waals surface area contributed by atoms with E-state index in [1.54, 1.807) is 43.5 Å². The lowest BCUT2D eigenvalue weighted by atomic mass is 10.2. The van der Waals surface area contributed by atoms with E-state index in [4.69, 9.17) is 25.8 Å². The lowest BCUT2D eigenvalue weighted by Crippen LogP contribution is -2.17. The second-order valence-corrected chi connectivity index (χ2v) is 6.07. The molecule has 0 aliphatic heterocycles. The van der Waals surface area contributed by atoms with Crippen LogP contribution < -0.4 is 19.6 Å². The van der Waals surface area contributed by atoms with Gasteiger partial charge in [0.25, 0.3) is 11.8 Å². The van der Waals surface area contributed by atoms with Gasteiger partial charge < -0.3 is 14.2 Å². The molecule has 1 N–H and O–H groups in total. The van der Waals surface area contributed by atoms with Gasteiger partial charge in [0.1, 0.15) is 5.75 Å². The maximum absolute atomic E-state index is 13.9. The second-order valence-electron chi connectivity index (χ2n) is 5.73. The minimum atomic E-state index is -0.785. The summed E-state index contributed by atoms with van der Waals surface area (Å²) in [5, 5.41) is 3.76. The number of nitrogens with one attached hydrogen (secondary N) is 1. The van der Waals surface area contributed by atoms with Crippen molar-refractivity contribution in [1.82, 2.24) is 15.4 Å². The Kier molecular flexibility index (Phi) is 6.76. The highest BCUT2D eigenvalue weighted by atomic mass is 35.5. The Hall–Kier alpha value is -3.72. The molecule has 2 aromatic carbocycles. The first-order valence-corrected chi connectivity index (χ1v) is 8.89. The standard InChI is InChI=1S/C20H16ClFN4O4/c1-28-14-6-4-13(5-7-14)18(27)26-24-10-12-3-8-16(29-2)17(9-12)30-19-15(22)11-23-20(21)25-19/h3-11H,1-2H3,(H,26,27). The molecule has 0 fully saturated rings. The Labute approximate surface area is 176 Å². The maximum Gasteiger partial charge on any atom is 0.271 e. The van der Waals surface area contributed by atoms with Gasteiger partial charge in [-0.05, 0) is 59.6 Å². The van der Waals surface area contributed by atoms with Crippen LogP contribution in [0.3, 0.4) is 0 Å². The summed E-state index contributed by atoms with van der Waals surface area (Å²) in [5.74, 6) is -0.374. The largest absolute Gasteiger partial charge is 0.497 e. The number of ether oxygens (including phenoxy) is 3. The third kappa shape index (κ3) is 5.21. The summed E-state index contributed by atoms with van der Waals surface area (Å²) in [5.41, 5.74) is 3.39. The van der Waals surface area contributed by atoms with Gasteiger partial charge in [-0.3, -0.25) is 4.79 Å². The van der Waals surface area contributed by atoms with Gasteiger partial charge in [0.05, 0.1) is 26.6 Å². The molecule has 10 heteroatoms. The van der Waals surface area contributed by atoms with Crippen molar-refractivity contribution < 1.29 is 23.4 Å². The lowest BCUT2D eigenvalue weighted by Gasteiger charge is -2.10. The summed E-state index contributed by atoms with van der Waals surface area (Å²) in [7, 11) is 2.98. The predicted octanol–water partition coefficient (Wildman–Crippen LogP) is 3.84. The van der Waals surface area contributed by atoms with E-state index in [9.17, 15) is 9.18 Å². The van der Waals surface area contributed by atoms with Crippen LogP contribution in [0.1, 0.15) is 15.9 Å². The van der Waals surface area contributed by atoms with E-state index in [2.05, 4.69) is 20.5 Å². The predicted molar refractivity (Wildman–Crippen MR) is 108 cm³/mol. The van der Waals surface area contributed by atoms with Crippen LogP contribution in [0.15, 0.2) is 53.8 Å². The molecule has 0 saturated heterocycles. The zero-order valence-corrected chi connectivity index (χ0v) is 16.7. The number of hydrazone groups is 1. The zero-order valence-electron chi connectivity index (χ0n) is 15.9. The van der Waals surface area contributed by atoms with Crippen molar-refractivity contribution >= 4 is 23.7 Å². The molecule has 0 spiro atoms. The first-order valence-electron chi connectivity index (χ1n) is 8.51. The lowest BCUT2D eigenvalue weighted by molar-refractivity contribution is 0.0955. The molecule has 0 aliphatic carbocycles. The van der Waals surface area contributed by atoms with E-state index >= 15 is 0 Å². The molecule has 1 aromatic heterocycles. The number of rotatable bonds is 7. The van der Waals surface area contributed by atoms with Crippen molar-refractivity contribution in [3.05, 3.63) is 70.9 Å². The Morgan fingerprint density at radius 3 is 2.60 bits per heavy atom. The molecule has 0 saturated carbocycles. The number of halogens is 2. The van der Waals surface area contributed by atoms with Crippen LogP contribution in [0.4, 0.5) is 4.39 Å². The van der Waals surface area contributed by atoms with Gasteiger partial charge in [-0.2, -0.15) is 14.5 Å². The number of hydrogen-bond acceptors (Lipinski definition) is 7. The van der Waals surface area contributed by atoms with E-state index in [1.165, 1.54) is 19.4 Å². The van der Waals surface area contributed by atoms with Crippen LogP contribution in [0.25, 0.3) is 0 Å². The minimum absolute atomic E-state index is 0.163. The van der Waals surface area contributed by atoms with Crippen molar-refractivity contribution in [2.75, 3.05) is 14.2 Å². The molecule has 0 aliphatic rings.